The van der Waals surface area contributed by atoms with E-state index in [0.29, 0.717) is 5.56 Å². The van der Waals surface area contributed by atoms with Crippen LogP contribution < -0.4 is 5.73 Å². The Labute approximate surface area is 81.4 Å². The Morgan fingerprint density at radius 3 is 2.57 bits per heavy atom. The SMILES string of the molecule is NCCC(c1cccc(O)c1)C(F)F. The fourth-order valence-electron chi connectivity index (χ4n) is 1.37. The van der Waals surface area contributed by atoms with Crippen molar-refractivity contribution in [1.29, 1.82) is 0 Å². The highest BCUT2D eigenvalue weighted by Gasteiger charge is 2.21. The summed E-state index contributed by atoms with van der Waals surface area (Å²) in [5.41, 5.74) is 5.68. The zero-order valence-corrected chi connectivity index (χ0v) is 7.66. The zero-order valence-electron chi connectivity index (χ0n) is 7.66. The van der Waals surface area contributed by atoms with Gasteiger partial charge in [0.15, 0.2) is 0 Å². The molecule has 0 aliphatic carbocycles. The van der Waals surface area contributed by atoms with Gasteiger partial charge in [0.05, 0.1) is 0 Å². The highest BCUT2D eigenvalue weighted by Crippen LogP contribution is 2.28. The van der Waals surface area contributed by atoms with E-state index in [4.69, 9.17) is 10.8 Å². The van der Waals surface area contributed by atoms with Crippen molar-refractivity contribution in [2.24, 2.45) is 5.73 Å². The van der Waals surface area contributed by atoms with Gasteiger partial charge in [0.25, 0.3) is 0 Å². The first-order valence-electron chi connectivity index (χ1n) is 4.42. The van der Waals surface area contributed by atoms with E-state index in [1.54, 1.807) is 12.1 Å². The minimum atomic E-state index is -2.44. The number of alkyl halides is 2. The lowest BCUT2D eigenvalue weighted by Crippen LogP contribution is -2.14. The molecule has 0 spiro atoms. The van der Waals surface area contributed by atoms with Gasteiger partial charge in [-0.3, -0.25) is 0 Å². The fourth-order valence-corrected chi connectivity index (χ4v) is 1.37. The van der Waals surface area contributed by atoms with Crippen molar-refractivity contribution < 1.29 is 13.9 Å². The number of nitrogens with two attached hydrogens (primary N) is 1. The monoisotopic (exact) mass is 201 g/mol. The van der Waals surface area contributed by atoms with Gasteiger partial charge in [-0.2, -0.15) is 0 Å². The maximum Gasteiger partial charge on any atom is 0.245 e. The van der Waals surface area contributed by atoms with Gasteiger partial charge < -0.3 is 10.8 Å². The third-order valence-electron chi connectivity index (χ3n) is 2.08. The van der Waals surface area contributed by atoms with E-state index in [9.17, 15) is 8.78 Å². The fraction of sp³-hybridized carbons (Fsp3) is 0.400. The Morgan fingerprint density at radius 2 is 2.07 bits per heavy atom. The number of rotatable bonds is 4. The van der Waals surface area contributed by atoms with Crippen LogP contribution in [-0.4, -0.2) is 18.1 Å². The van der Waals surface area contributed by atoms with E-state index in [2.05, 4.69) is 0 Å². The number of aromatic hydroxyl groups is 1. The highest BCUT2D eigenvalue weighted by atomic mass is 19.3. The lowest BCUT2D eigenvalue weighted by Gasteiger charge is -2.15. The molecule has 0 bridgehead atoms. The minimum Gasteiger partial charge on any atom is -0.508 e. The van der Waals surface area contributed by atoms with E-state index in [1.807, 2.05) is 0 Å². The molecule has 0 radical (unpaired) electrons. The van der Waals surface area contributed by atoms with Crippen LogP contribution in [0.2, 0.25) is 0 Å². The summed E-state index contributed by atoms with van der Waals surface area (Å²) in [7, 11) is 0. The first-order chi connectivity index (χ1) is 6.65. The molecule has 0 saturated heterocycles. The first kappa shape index (κ1) is 10.9. The summed E-state index contributed by atoms with van der Waals surface area (Å²) >= 11 is 0. The molecule has 1 aromatic rings. The number of phenols is 1. The predicted molar refractivity (Wildman–Crippen MR) is 50.5 cm³/mol. The number of hydrogen-bond donors (Lipinski definition) is 2. The van der Waals surface area contributed by atoms with Crippen molar-refractivity contribution in [3.63, 3.8) is 0 Å². The van der Waals surface area contributed by atoms with E-state index in [0.717, 1.165) is 0 Å². The van der Waals surface area contributed by atoms with Crippen molar-refractivity contribution in [2.75, 3.05) is 6.54 Å². The molecule has 0 aromatic heterocycles. The van der Waals surface area contributed by atoms with Gasteiger partial charge in [-0.25, -0.2) is 8.78 Å². The van der Waals surface area contributed by atoms with Crippen LogP contribution in [0.1, 0.15) is 17.9 Å². The van der Waals surface area contributed by atoms with Crippen LogP contribution in [0, 0.1) is 0 Å². The second-order valence-electron chi connectivity index (χ2n) is 3.11. The van der Waals surface area contributed by atoms with E-state index in [1.165, 1.54) is 12.1 Å². The second-order valence-corrected chi connectivity index (χ2v) is 3.11. The van der Waals surface area contributed by atoms with Crippen LogP contribution in [0.5, 0.6) is 5.75 Å². The molecule has 4 heteroatoms. The molecule has 0 fully saturated rings. The summed E-state index contributed by atoms with van der Waals surface area (Å²) in [6.07, 6.45) is -2.22. The molecule has 2 nitrogen and oxygen atoms in total. The van der Waals surface area contributed by atoms with Crippen LogP contribution >= 0.6 is 0 Å². The van der Waals surface area contributed by atoms with Gasteiger partial charge in [-0.1, -0.05) is 12.1 Å². The molecule has 0 aliphatic heterocycles. The average Bonchev–Trinajstić information content (AvgIpc) is 2.13. The van der Waals surface area contributed by atoms with Gasteiger partial charge in [-0.15, -0.1) is 0 Å². The largest absolute Gasteiger partial charge is 0.508 e. The summed E-state index contributed by atoms with van der Waals surface area (Å²) in [4.78, 5) is 0. The normalized spacial score (nSPS) is 13.1. The average molecular weight is 201 g/mol. The topological polar surface area (TPSA) is 46.2 Å². The van der Waals surface area contributed by atoms with Gasteiger partial charge >= 0.3 is 0 Å². The summed E-state index contributed by atoms with van der Waals surface area (Å²) in [6.45, 7) is 0.213. The lowest BCUT2D eigenvalue weighted by atomic mass is 9.96. The van der Waals surface area contributed by atoms with Crippen LogP contribution in [0.3, 0.4) is 0 Å². The molecule has 0 heterocycles. The van der Waals surface area contributed by atoms with E-state index >= 15 is 0 Å². The standard InChI is InChI=1S/C10H13F2NO/c11-10(12)9(4-5-13)7-2-1-3-8(14)6-7/h1-3,6,9-10,14H,4-5,13H2. The zero-order chi connectivity index (χ0) is 10.6. The van der Waals surface area contributed by atoms with Crippen molar-refractivity contribution in [2.45, 2.75) is 18.8 Å². The summed E-state index contributed by atoms with van der Waals surface area (Å²) < 4.78 is 25.1. The molecule has 0 aliphatic rings. The Kier molecular flexibility index (Phi) is 3.83. The summed E-state index contributed by atoms with van der Waals surface area (Å²) in [5, 5.41) is 9.14. The Bertz CT molecular complexity index is 291. The molecule has 1 atom stereocenters. The highest BCUT2D eigenvalue weighted by molar-refractivity contribution is 5.30. The molecule has 0 amide bonds. The van der Waals surface area contributed by atoms with Crippen molar-refractivity contribution in [3.05, 3.63) is 29.8 Å². The molecular formula is C10H13F2NO. The third kappa shape index (κ3) is 2.67. The van der Waals surface area contributed by atoms with Gasteiger partial charge in [-0.05, 0) is 30.7 Å². The molecule has 78 valence electrons. The molecule has 3 N–H and O–H groups in total. The predicted octanol–water partition coefficient (Wildman–Crippen LogP) is 2.09. The van der Waals surface area contributed by atoms with Gasteiger partial charge in [0, 0.05) is 5.92 Å². The van der Waals surface area contributed by atoms with Gasteiger partial charge in [0.2, 0.25) is 6.43 Å². The van der Waals surface area contributed by atoms with Crippen LogP contribution in [0.25, 0.3) is 0 Å². The summed E-state index contributed by atoms with van der Waals surface area (Å²) in [6, 6.07) is 5.93. The first-order valence-corrected chi connectivity index (χ1v) is 4.42. The van der Waals surface area contributed by atoms with Crippen LogP contribution in [0.4, 0.5) is 8.78 Å². The van der Waals surface area contributed by atoms with Gasteiger partial charge in [0.1, 0.15) is 5.75 Å². The molecule has 14 heavy (non-hydrogen) atoms. The molecular weight excluding hydrogens is 188 g/mol. The Hall–Kier alpha value is -1.16. The number of phenolic OH excluding ortho intramolecular Hbond substituents is 1. The second kappa shape index (κ2) is 4.91. The molecule has 1 unspecified atom stereocenters. The quantitative estimate of drug-likeness (QED) is 0.783. The maximum atomic E-state index is 12.6. The number of benzene rings is 1. The summed E-state index contributed by atoms with van der Waals surface area (Å²) in [5.74, 6) is -0.878. The van der Waals surface area contributed by atoms with Crippen molar-refractivity contribution in [3.8, 4) is 5.75 Å². The number of hydrogen-bond acceptors (Lipinski definition) is 2. The number of halogens is 2. The Balaban J connectivity index is 2.87. The third-order valence-corrected chi connectivity index (χ3v) is 2.08. The minimum absolute atomic E-state index is 0.00479. The van der Waals surface area contributed by atoms with Crippen LogP contribution in [0.15, 0.2) is 24.3 Å². The van der Waals surface area contributed by atoms with E-state index < -0.39 is 12.3 Å². The lowest BCUT2D eigenvalue weighted by molar-refractivity contribution is 0.111. The van der Waals surface area contributed by atoms with Crippen LogP contribution in [-0.2, 0) is 0 Å². The van der Waals surface area contributed by atoms with E-state index in [-0.39, 0.29) is 18.7 Å². The molecule has 0 saturated carbocycles. The maximum absolute atomic E-state index is 12.6. The molecule has 1 aromatic carbocycles. The van der Waals surface area contributed by atoms with Crippen molar-refractivity contribution in [1.82, 2.24) is 0 Å². The smallest absolute Gasteiger partial charge is 0.245 e. The van der Waals surface area contributed by atoms with Crippen molar-refractivity contribution >= 4 is 0 Å². The molecule has 1 rings (SSSR count). The Morgan fingerprint density at radius 1 is 1.36 bits per heavy atom.